The number of thiazole rings is 1. The number of aryl methyl sites for hydroxylation is 1. The monoisotopic (exact) mass is 534 g/mol. The largest absolute Gasteiger partial charge is 0.507 e. The Morgan fingerprint density at radius 3 is 2.63 bits per heavy atom. The van der Waals surface area contributed by atoms with Gasteiger partial charge in [-0.1, -0.05) is 30.4 Å². The summed E-state index contributed by atoms with van der Waals surface area (Å²) in [6.07, 6.45) is 0.805. The zero-order chi connectivity index (χ0) is 27.0. The van der Waals surface area contributed by atoms with E-state index in [0.717, 1.165) is 17.8 Å². The molecule has 1 fully saturated rings. The summed E-state index contributed by atoms with van der Waals surface area (Å²) in [7, 11) is 0. The highest BCUT2D eigenvalue weighted by Gasteiger charge is 2.48. The van der Waals surface area contributed by atoms with Gasteiger partial charge >= 0.3 is 5.91 Å². The molecule has 2 aromatic carbocycles. The fraction of sp³-hybridized carbons (Fsp3) is 0.286. The second-order valence-corrected chi connectivity index (χ2v) is 9.89. The number of ketones is 2. The number of aromatic nitrogens is 1. The lowest BCUT2D eigenvalue weighted by molar-refractivity contribution is -0.132. The smallest absolute Gasteiger partial charge is 0.301 e. The highest BCUT2D eigenvalue weighted by molar-refractivity contribution is 7.18. The van der Waals surface area contributed by atoms with Crippen molar-refractivity contribution >= 4 is 39.7 Å². The van der Waals surface area contributed by atoms with Gasteiger partial charge in [-0.3, -0.25) is 19.3 Å². The molecule has 2 aliphatic heterocycles. The van der Waals surface area contributed by atoms with Gasteiger partial charge < -0.3 is 19.3 Å². The summed E-state index contributed by atoms with van der Waals surface area (Å²) in [6.45, 7) is 6.35. The van der Waals surface area contributed by atoms with Gasteiger partial charge in [0.2, 0.25) is 0 Å². The molecule has 0 unspecified atom stereocenters. The van der Waals surface area contributed by atoms with E-state index in [4.69, 9.17) is 14.2 Å². The number of nitrogens with zero attached hydrogens (tertiary/aromatic N) is 2. The number of hydrogen-bond acceptors (Lipinski definition) is 9. The summed E-state index contributed by atoms with van der Waals surface area (Å²) in [4.78, 5) is 45.1. The molecular formula is C28H26N2O7S. The minimum atomic E-state index is -1.00. The topological polar surface area (TPSA) is 115 Å². The van der Waals surface area contributed by atoms with Crippen LogP contribution in [0.2, 0.25) is 0 Å². The molecule has 38 heavy (non-hydrogen) atoms. The summed E-state index contributed by atoms with van der Waals surface area (Å²) >= 11 is 1.04. The molecular weight excluding hydrogens is 508 g/mol. The molecule has 0 radical (unpaired) electrons. The van der Waals surface area contributed by atoms with Crippen molar-refractivity contribution < 1.29 is 33.7 Å². The number of aliphatic hydroxyl groups is 1. The standard InChI is InChI=1S/C28H26N2O7S/c1-4-10-35-19-7-5-6-17(13-19)23-22(24(32)18-8-9-20-21(14-18)37-12-11-36-20)25(33)27(34)30(23)28-29-15(2)26(38-28)16(3)31/h5-9,13-14,23,32H,4,10-12H2,1-3H3/b24-22+/t23-/m1/s1. The normalized spacial score (nSPS) is 18.1. The first-order valence-electron chi connectivity index (χ1n) is 12.2. The third-order valence-electron chi connectivity index (χ3n) is 6.22. The van der Waals surface area contributed by atoms with E-state index in [0.29, 0.717) is 58.8 Å². The molecule has 0 saturated carbocycles. The number of carbonyl (C=O) groups excluding carboxylic acids is 3. The molecule has 0 bridgehead atoms. The van der Waals surface area contributed by atoms with Crippen molar-refractivity contribution in [2.24, 2.45) is 0 Å². The molecule has 1 N–H and O–H groups in total. The molecule has 0 aliphatic carbocycles. The summed E-state index contributed by atoms with van der Waals surface area (Å²) in [5.41, 5.74) is 1.21. The number of rotatable bonds is 7. The van der Waals surface area contributed by atoms with Gasteiger partial charge in [-0.05, 0) is 49.2 Å². The molecule has 3 heterocycles. The van der Waals surface area contributed by atoms with Gasteiger partial charge in [0.05, 0.1) is 28.8 Å². The van der Waals surface area contributed by atoms with Crippen LogP contribution < -0.4 is 19.1 Å². The number of fused-ring (bicyclic) bond motifs is 1. The molecule has 3 aromatic rings. The van der Waals surface area contributed by atoms with Crippen LogP contribution >= 0.6 is 11.3 Å². The molecule has 9 nitrogen and oxygen atoms in total. The average Bonchev–Trinajstić information content (AvgIpc) is 3.43. The fourth-order valence-corrected chi connectivity index (χ4v) is 5.49. The molecule has 1 saturated heterocycles. The van der Waals surface area contributed by atoms with E-state index < -0.39 is 17.7 Å². The maximum Gasteiger partial charge on any atom is 0.301 e. The Balaban J connectivity index is 1.68. The number of Topliss-reactive ketones (excluding diaryl/α,β-unsaturated/α-hetero) is 2. The van der Waals surface area contributed by atoms with Crippen molar-refractivity contribution in [3.05, 3.63) is 69.7 Å². The molecule has 1 atom stereocenters. The van der Waals surface area contributed by atoms with Gasteiger partial charge in [-0.2, -0.15) is 0 Å². The number of amides is 1. The van der Waals surface area contributed by atoms with E-state index in [1.165, 1.54) is 11.8 Å². The average molecular weight is 535 g/mol. The van der Waals surface area contributed by atoms with Crippen LogP contribution in [0.5, 0.6) is 17.2 Å². The van der Waals surface area contributed by atoms with Crippen LogP contribution in [0.25, 0.3) is 5.76 Å². The molecule has 1 amide bonds. The van der Waals surface area contributed by atoms with Gasteiger partial charge in [0.15, 0.2) is 22.4 Å². The second kappa shape index (κ2) is 10.3. The lowest BCUT2D eigenvalue weighted by Crippen LogP contribution is -2.29. The van der Waals surface area contributed by atoms with Crippen molar-refractivity contribution in [1.29, 1.82) is 0 Å². The number of aliphatic hydroxyl groups excluding tert-OH is 1. The van der Waals surface area contributed by atoms with Crippen molar-refractivity contribution in [3.8, 4) is 17.2 Å². The van der Waals surface area contributed by atoms with E-state index in [2.05, 4.69) is 4.98 Å². The first-order chi connectivity index (χ1) is 18.3. The molecule has 0 spiro atoms. The van der Waals surface area contributed by atoms with Crippen LogP contribution in [-0.4, -0.2) is 47.4 Å². The molecule has 5 rings (SSSR count). The highest BCUT2D eigenvalue weighted by atomic mass is 32.1. The van der Waals surface area contributed by atoms with Crippen LogP contribution in [-0.2, 0) is 9.59 Å². The number of hydrogen-bond donors (Lipinski definition) is 1. The molecule has 2 aliphatic rings. The van der Waals surface area contributed by atoms with Gasteiger partial charge in [0.1, 0.15) is 24.7 Å². The number of carbonyl (C=O) groups is 3. The van der Waals surface area contributed by atoms with Gasteiger partial charge in [-0.25, -0.2) is 4.98 Å². The Labute approximate surface area is 223 Å². The van der Waals surface area contributed by atoms with E-state index in [1.54, 1.807) is 49.4 Å². The van der Waals surface area contributed by atoms with Crippen LogP contribution in [0.15, 0.2) is 48.0 Å². The maximum atomic E-state index is 13.5. The first-order valence-corrected chi connectivity index (χ1v) is 13.0. The number of anilines is 1. The summed E-state index contributed by atoms with van der Waals surface area (Å²) < 4.78 is 17.0. The lowest BCUT2D eigenvalue weighted by atomic mass is 9.95. The first kappa shape index (κ1) is 25.5. The summed E-state index contributed by atoms with van der Waals surface area (Å²) in [5.74, 6) is -0.729. The Kier molecular flexibility index (Phi) is 6.90. The predicted octanol–water partition coefficient (Wildman–Crippen LogP) is 4.84. The van der Waals surface area contributed by atoms with Crippen LogP contribution in [0, 0.1) is 6.92 Å². The zero-order valence-electron chi connectivity index (χ0n) is 21.1. The van der Waals surface area contributed by atoms with Gasteiger partial charge in [-0.15, -0.1) is 0 Å². The van der Waals surface area contributed by atoms with E-state index in [-0.39, 0.29) is 22.2 Å². The quantitative estimate of drug-likeness (QED) is 0.198. The summed E-state index contributed by atoms with van der Waals surface area (Å²) in [6, 6.07) is 10.9. The van der Waals surface area contributed by atoms with Crippen molar-refractivity contribution in [2.45, 2.75) is 33.2 Å². The predicted molar refractivity (Wildman–Crippen MR) is 141 cm³/mol. The van der Waals surface area contributed by atoms with Crippen molar-refractivity contribution in [1.82, 2.24) is 4.98 Å². The van der Waals surface area contributed by atoms with E-state index >= 15 is 0 Å². The minimum Gasteiger partial charge on any atom is -0.507 e. The van der Waals surface area contributed by atoms with Gasteiger partial charge in [0.25, 0.3) is 5.78 Å². The maximum absolute atomic E-state index is 13.5. The van der Waals surface area contributed by atoms with E-state index in [1.807, 2.05) is 6.92 Å². The zero-order valence-corrected chi connectivity index (χ0v) is 22.0. The van der Waals surface area contributed by atoms with Crippen molar-refractivity contribution in [2.75, 3.05) is 24.7 Å². The second-order valence-electron chi connectivity index (χ2n) is 8.92. The Morgan fingerprint density at radius 1 is 1.16 bits per heavy atom. The van der Waals surface area contributed by atoms with Crippen LogP contribution in [0.4, 0.5) is 5.13 Å². The van der Waals surface area contributed by atoms with Crippen LogP contribution in [0.3, 0.4) is 0 Å². The number of ether oxygens (including phenoxy) is 3. The fourth-order valence-electron chi connectivity index (χ4n) is 4.50. The SMILES string of the molecule is CCCOc1cccc([C@@H]2/C(=C(\O)c3ccc4c(c3)OCCO4)C(=O)C(=O)N2c2nc(C)c(C(C)=O)s2)c1. The molecule has 196 valence electrons. The molecule has 10 heteroatoms. The number of benzene rings is 2. The van der Waals surface area contributed by atoms with E-state index in [9.17, 15) is 19.5 Å². The third-order valence-corrected chi connectivity index (χ3v) is 7.48. The Bertz CT molecular complexity index is 1480. The third kappa shape index (κ3) is 4.51. The molecule has 1 aromatic heterocycles. The van der Waals surface area contributed by atoms with Crippen LogP contribution in [0.1, 0.15) is 52.8 Å². The lowest BCUT2D eigenvalue weighted by Gasteiger charge is -2.24. The van der Waals surface area contributed by atoms with Gasteiger partial charge in [0, 0.05) is 12.5 Å². The van der Waals surface area contributed by atoms with Crippen molar-refractivity contribution in [3.63, 3.8) is 0 Å². The Hall–Kier alpha value is -4.18. The summed E-state index contributed by atoms with van der Waals surface area (Å²) in [5, 5.41) is 11.6. The minimum absolute atomic E-state index is 0.100. The Morgan fingerprint density at radius 2 is 1.92 bits per heavy atom. The highest BCUT2D eigenvalue weighted by Crippen LogP contribution is 2.45.